The van der Waals surface area contributed by atoms with Crippen molar-refractivity contribution < 1.29 is 8.78 Å². The maximum absolute atomic E-state index is 13.4. The Hall–Kier alpha value is -0.710. The number of pyridine rings is 1. The Kier molecular flexibility index (Phi) is 3.19. The Labute approximate surface area is 95.4 Å². The second kappa shape index (κ2) is 4.43. The number of nitrogens with zero attached hydrogens (tertiary/aromatic N) is 2. The summed E-state index contributed by atoms with van der Waals surface area (Å²) in [7, 11) is 0. The van der Waals surface area contributed by atoms with Crippen LogP contribution in [0.3, 0.4) is 0 Å². The first-order valence-electron chi connectivity index (χ1n) is 4.87. The highest BCUT2D eigenvalue weighted by Crippen LogP contribution is 2.23. The molecule has 1 aliphatic rings. The van der Waals surface area contributed by atoms with Crippen molar-refractivity contribution in [2.24, 2.45) is 0 Å². The number of hydrogen-bond acceptors (Lipinski definition) is 2. The van der Waals surface area contributed by atoms with E-state index >= 15 is 0 Å². The number of piperidine rings is 1. The van der Waals surface area contributed by atoms with Crippen LogP contribution in [0.4, 0.5) is 14.6 Å². The average Bonchev–Trinajstić information content (AvgIpc) is 2.17. The van der Waals surface area contributed by atoms with Crippen LogP contribution in [0.2, 0.25) is 0 Å². The van der Waals surface area contributed by atoms with Crippen LogP contribution >= 0.6 is 15.9 Å². The van der Waals surface area contributed by atoms with Gasteiger partial charge in [0.05, 0.1) is 6.20 Å². The first-order chi connectivity index (χ1) is 7.16. The lowest BCUT2D eigenvalue weighted by atomic mass is 10.1. The Morgan fingerprint density at radius 1 is 1.47 bits per heavy atom. The summed E-state index contributed by atoms with van der Waals surface area (Å²) in [5, 5.41) is 0. The van der Waals surface area contributed by atoms with Crippen molar-refractivity contribution >= 4 is 21.7 Å². The van der Waals surface area contributed by atoms with E-state index in [-0.39, 0.29) is 5.82 Å². The number of hydrogen-bond donors (Lipinski definition) is 0. The minimum Gasteiger partial charge on any atom is -0.353 e. The SMILES string of the molecule is Fc1cnc(N2CCCC(Br)C2)c(F)c1. The molecule has 2 rings (SSSR count). The van der Waals surface area contributed by atoms with E-state index in [0.29, 0.717) is 4.83 Å². The van der Waals surface area contributed by atoms with Gasteiger partial charge in [0.15, 0.2) is 11.6 Å². The highest BCUT2D eigenvalue weighted by Gasteiger charge is 2.21. The minimum absolute atomic E-state index is 0.251. The van der Waals surface area contributed by atoms with E-state index < -0.39 is 11.6 Å². The summed E-state index contributed by atoms with van der Waals surface area (Å²) in [5.41, 5.74) is 0. The smallest absolute Gasteiger partial charge is 0.168 e. The first-order valence-corrected chi connectivity index (χ1v) is 5.78. The summed E-state index contributed by atoms with van der Waals surface area (Å²) in [6.07, 6.45) is 3.13. The number of rotatable bonds is 1. The van der Waals surface area contributed by atoms with Crippen LogP contribution in [0, 0.1) is 11.6 Å². The highest BCUT2D eigenvalue weighted by atomic mass is 79.9. The molecule has 1 atom stereocenters. The molecule has 0 radical (unpaired) electrons. The maximum atomic E-state index is 13.4. The van der Waals surface area contributed by atoms with Crippen molar-refractivity contribution in [2.75, 3.05) is 18.0 Å². The van der Waals surface area contributed by atoms with Gasteiger partial charge in [-0.15, -0.1) is 0 Å². The molecule has 1 unspecified atom stereocenters. The normalized spacial score (nSPS) is 21.8. The third-order valence-corrected chi connectivity index (χ3v) is 3.20. The van der Waals surface area contributed by atoms with Gasteiger partial charge in [-0.05, 0) is 12.8 Å². The lowest BCUT2D eigenvalue weighted by Crippen LogP contribution is -2.36. The second-order valence-electron chi connectivity index (χ2n) is 3.64. The molecule has 0 spiro atoms. The molecule has 0 aliphatic carbocycles. The molecule has 1 saturated heterocycles. The fourth-order valence-corrected chi connectivity index (χ4v) is 2.43. The number of halogens is 3. The van der Waals surface area contributed by atoms with Gasteiger partial charge in [0.1, 0.15) is 5.82 Å². The van der Waals surface area contributed by atoms with Crippen molar-refractivity contribution in [2.45, 2.75) is 17.7 Å². The van der Waals surface area contributed by atoms with Crippen LogP contribution in [0.25, 0.3) is 0 Å². The third kappa shape index (κ3) is 2.45. The quantitative estimate of drug-likeness (QED) is 0.734. The van der Waals surface area contributed by atoms with E-state index in [4.69, 9.17) is 0 Å². The molecule has 0 N–H and O–H groups in total. The Bertz CT molecular complexity index is 359. The molecule has 2 heterocycles. The van der Waals surface area contributed by atoms with Gasteiger partial charge in [0, 0.05) is 24.0 Å². The van der Waals surface area contributed by atoms with Gasteiger partial charge < -0.3 is 4.90 Å². The molecule has 2 nitrogen and oxygen atoms in total. The number of aromatic nitrogens is 1. The fraction of sp³-hybridized carbons (Fsp3) is 0.500. The summed E-state index contributed by atoms with van der Waals surface area (Å²) in [5.74, 6) is -0.971. The largest absolute Gasteiger partial charge is 0.353 e. The van der Waals surface area contributed by atoms with Gasteiger partial charge in [-0.2, -0.15) is 0 Å². The predicted octanol–water partition coefficient (Wildman–Crippen LogP) is 2.72. The number of anilines is 1. The lowest BCUT2D eigenvalue weighted by Gasteiger charge is -2.30. The van der Waals surface area contributed by atoms with Gasteiger partial charge in [0.2, 0.25) is 0 Å². The van der Waals surface area contributed by atoms with E-state index in [1.54, 1.807) is 0 Å². The van der Waals surface area contributed by atoms with Crippen LogP contribution in [0.15, 0.2) is 12.3 Å². The standard InChI is InChI=1S/C10H11BrF2N2/c11-7-2-1-3-15(6-7)10-9(13)4-8(12)5-14-10/h4-5,7H,1-3,6H2. The third-order valence-electron chi connectivity index (χ3n) is 2.45. The van der Waals surface area contributed by atoms with Crippen LogP contribution in [0.1, 0.15) is 12.8 Å². The molecule has 1 fully saturated rings. The van der Waals surface area contributed by atoms with Gasteiger partial charge >= 0.3 is 0 Å². The van der Waals surface area contributed by atoms with Crippen LogP contribution < -0.4 is 4.90 Å². The molecule has 0 amide bonds. The van der Waals surface area contributed by atoms with E-state index in [1.165, 1.54) is 0 Å². The Morgan fingerprint density at radius 2 is 2.27 bits per heavy atom. The fourth-order valence-electron chi connectivity index (χ4n) is 1.76. The Morgan fingerprint density at radius 3 is 2.93 bits per heavy atom. The average molecular weight is 277 g/mol. The van der Waals surface area contributed by atoms with Gasteiger partial charge in [-0.25, -0.2) is 13.8 Å². The molecular formula is C10H11BrF2N2. The van der Waals surface area contributed by atoms with Crippen LogP contribution in [0.5, 0.6) is 0 Å². The molecule has 0 aromatic carbocycles. The molecule has 0 bridgehead atoms. The Balaban J connectivity index is 2.21. The minimum atomic E-state index is -0.636. The first kappa shape index (κ1) is 10.8. The topological polar surface area (TPSA) is 16.1 Å². The lowest BCUT2D eigenvalue weighted by molar-refractivity contribution is 0.544. The summed E-state index contributed by atoms with van der Waals surface area (Å²) in [6.45, 7) is 1.49. The molecule has 82 valence electrons. The summed E-state index contributed by atoms with van der Waals surface area (Å²) >= 11 is 3.50. The van der Waals surface area contributed by atoms with Gasteiger partial charge in [-0.1, -0.05) is 15.9 Å². The predicted molar refractivity (Wildman–Crippen MR) is 58.3 cm³/mol. The van der Waals surface area contributed by atoms with E-state index in [2.05, 4.69) is 20.9 Å². The van der Waals surface area contributed by atoms with Crippen molar-refractivity contribution in [1.29, 1.82) is 0 Å². The molecule has 1 aromatic heterocycles. The molecule has 1 aromatic rings. The maximum Gasteiger partial charge on any atom is 0.168 e. The highest BCUT2D eigenvalue weighted by molar-refractivity contribution is 9.09. The van der Waals surface area contributed by atoms with Crippen molar-refractivity contribution in [3.05, 3.63) is 23.9 Å². The molecule has 15 heavy (non-hydrogen) atoms. The van der Waals surface area contributed by atoms with E-state index in [9.17, 15) is 8.78 Å². The van der Waals surface area contributed by atoms with E-state index in [1.807, 2.05) is 4.90 Å². The molecule has 5 heteroatoms. The van der Waals surface area contributed by atoms with Crippen LogP contribution in [-0.2, 0) is 0 Å². The number of alkyl halides is 1. The van der Waals surface area contributed by atoms with Crippen LogP contribution in [-0.4, -0.2) is 22.9 Å². The molecular weight excluding hydrogens is 266 g/mol. The summed E-state index contributed by atoms with van der Waals surface area (Å²) in [4.78, 5) is 5.99. The molecule has 1 aliphatic heterocycles. The van der Waals surface area contributed by atoms with Crippen molar-refractivity contribution in [3.63, 3.8) is 0 Å². The van der Waals surface area contributed by atoms with Crippen molar-refractivity contribution in [1.82, 2.24) is 4.98 Å². The summed E-state index contributed by atoms with van der Waals surface area (Å²) < 4.78 is 26.1. The zero-order valence-corrected chi connectivity index (χ0v) is 9.67. The van der Waals surface area contributed by atoms with Crippen molar-refractivity contribution in [3.8, 4) is 0 Å². The zero-order chi connectivity index (χ0) is 10.8. The van der Waals surface area contributed by atoms with Gasteiger partial charge in [0.25, 0.3) is 0 Å². The van der Waals surface area contributed by atoms with E-state index in [0.717, 1.165) is 38.2 Å². The second-order valence-corrected chi connectivity index (χ2v) is 4.94. The zero-order valence-electron chi connectivity index (χ0n) is 8.09. The monoisotopic (exact) mass is 276 g/mol. The summed E-state index contributed by atoms with van der Waals surface area (Å²) in [6, 6.07) is 0.875. The van der Waals surface area contributed by atoms with Gasteiger partial charge in [-0.3, -0.25) is 0 Å². The molecule has 0 saturated carbocycles.